The Bertz CT molecular complexity index is 1190. The number of nitrogens with two attached hydrogens (primary N) is 1. The van der Waals surface area contributed by atoms with Crippen LogP contribution < -0.4 is 25.4 Å². The predicted molar refractivity (Wildman–Crippen MR) is 163 cm³/mol. The quantitative estimate of drug-likeness (QED) is 0.128. The standard InChI is InChI=1S/C30H38N3O6PS/c1-41-22-20-28(40(36,38-25-15-7-3-8-16-25)39-26-17-9-4-10-18-26)33-29(34)27(19-11-12-21-31)32-30(35)37-23-24-13-5-2-6-14-24/h2-10,13-18,27-28H,11-12,19-23,31H2,1H3,(H,32,35)(H,33,34)/t27-,28?/m0/s1. The summed E-state index contributed by atoms with van der Waals surface area (Å²) in [5.74, 6) is -0.245. The zero-order valence-electron chi connectivity index (χ0n) is 23.1. The highest BCUT2D eigenvalue weighted by Crippen LogP contribution is 2.53. The van der Waals surface area contributed by atoms with Gasteiger partial charge in [0.2, 0.25) is 5.91 Å². The molecule has 1 unspecified atom stereocenters. The van der Waals surface area contributed by atoms with Crippen LogP contribution in [0, 0.1) is 0 Å². The minimum Gasteiger partial charge on any atom is -0.445 e. The van der Waals surface area contributed by atoms with Gasteiger partial charge in [-0.25, -0.2) is 9.36 Å². The lowest BCUT2D eigenvalue weighted by molar-refractivity contribution is -0.123. The van der Waals surface area contributed by atoms with E-state index in [0.717, 1.165) is 5.56 Å². The fraction of sp³-hybridized carbons (Fsp3) is 0.333. The summed E-state index contributed by atoms with van der Waals surface area (Å²) in [6.07, 6.45) is 3.08. The van der Waals surface area contributed by atoms with Crippen LogP contribution in [0.1, 0.15) is 31.2 Å². The number of para-hydroxylation sites is 2. The number of amides is 2. The first-order chi connectivity index (χ1) is 19.9. The lowest BCUT2D eigenvalue weighted by Gasteiger charge is -2.29. The molecule has 0 aliphatic rings. The molecule has 0 aliphatic carbocycles. The molecule has 0 bridgehead atoms. The first-order valence-corrected chi connectivity index (χ1v) is 16.5. The summed E-state index contributed by atoms with van der Waals surface area (Å²) in [4.78, 5) is 26.3. The van der Waals surface area contributed by atoms with E-state index in [4.69, 9.17) is 19.5 Å². The van der Waals surface area contributed by atoms with Crippen LogP contribution in [0.15, 0.2) is 91.0 Å². The monoisotopic (exact) mass is 599 g/mol. The molecule has 0 fully saturated rings. The van der Waals surface area contributed by atoms with Crippen molar-refractivity contribution in [1.82, 2.24) is 10.6 Å². The van der Waals surface area contributed by atoms with E-state index < -0.39 is 31.4 Å². The summed E-state index contributed by atoms with van der Waals surface area (Å²) in [5.41, 5.74) is 6.48. The van der Waals surface area contributed by atoms with E-state index in [0.29, 0.717) is 49.5 Å². The van der Waals surface area contributed by atoms with Crippen LogP contribution in [0.25, 0.3) is 0 Å². The number of carbonyl (C=O) groups is 2. The molecular formula is C30H38N3O6PS. The zero-order chi connectivity index (χ0) is 29.3. The lowest BCUT2D eigenvalue weighted by atomic mass is 10.1. The molecule has 3 rings (SSSR count). The number of benzene rings is 3. The van der Waals surface area contributed by atoms with Gasteiger partial charge in [-0.1, -0.05) is 66.7 Å². The third-order valence-electron chi connectivity index (χ3n) is 6.01. The van der Waals surface area contributed by atoms with Crippen LogP contribution in [-0.4, -0.2) is 42.4 Å². The topological polar surface area (TPSA) is 129 Å². The highest BCUT2D eigenvalue weighted by molar-refractivity contribution is 7.98. The Labute approximate surface area is 246 Å². The number of nitrogens with one attached hydrogen (secondary N) is 2. The van der Waals surface area contributed by atoms with Crippen molar-refractivity contribution in [2.45, 2.75) is 44.1 Å². The van der Waals surface area contributed by atoms with E-state index in [9.17, 15) is 14.2 Å². The number of unbranched alkanes of at least 4 members (excludes halogenated alkanes) is 1. The van der Waals surface area contributed by atoms with Crippen LogP contribution in [0.2, 0.25) is 0 Å². The molecule has 3 aromatic rings. The summed E-state index contributed by atoms with van der Waals surface area (Å²) in [7, 11) is -4.02. The Morgan fingerprint density at radius 2 is 1.39 bits per heavy atom. The molecule has 0 radical (unpaired) electrons. The molecule has 220 valence electrons. The molecule has 2 amide bonds. The molecule has 0 spiro atoms. The number of hydrogen-bond acceptors (Lipinski definition) is 8. The van der Waals surface area contributed by atoms with Gasteiger partial charge in [0.15, 0.2) is 5.78 Å². The predicted octanol–water partition coefficient (Wildman–Crippen LogP) is 5.96. The third kappa shape index (κ3) is 11.1. The Balaban J connectivity index is 1.81. The normalized spacial score (nSPS) is 12.5. The van der Waals surface area contributed by atoms with Gasteiger partial charge in [0.25, 0.3) is 0 Å². The van der Waals surface area contributed by atoms with E-state index in [1.54, 1.807) is 48.5 Å². The molecular weight excluding hydrogens is 561 g/mol. The van der Waals surface area contributed by atoms with E-state index in [-0.39, 0.29) is 6.61 Å². The average Bonchev–Trinajstić information content (AvgIpc) is 2.99. The second kappa shape index (κ2) is 17.4. The fourth-order valence-corrected chi connectivity index (χ4v) is 6.37. The third-order valence-corrected chi connectivity index (χ3v) is 8.73. The number of ether oxygens (including phenoxy) is 1. The molecule has 0 aliphatic heterocycles. The lowest BCUT2D eigenvalue weighted by Crippen LogP contribution is -2.50. The molecule has 41 heavy (non-hydrogen) atoms. The Morgan fingerprint density at radius 1 is 0.829 bits per heavy atom. The fourth-order valence-electron chi connectivity index (χ4n) is 3.87. The molecule has 11 heteroatoms. The van der Waals surface area contributed by atoms with Gasteiger partial charge < -0.3 is 30.2 Å². The number of alkyl carbamates (subject to hydrolysis) is 1. The largest absolute Gasteiger partial charge is 0.452 e. The second-order valence-corrected chi connectivity index (χ2v) is 12.3. The summed E-state index contributed by atoms with van der Waals surface area (Å²) < 4.78 is 31.8. The maximum atomic E-state index is 14.5. The van der Waals surface area contributed by atoms with E-state index in [2.05, 4.69) is 10.6 Å². The van der Waals surface area contributed by atoms with Crippen LogP contribution in [0.5, 0.6) is 11.5 Å². The Morgan fingerprint density at radius 3 is 1.93 bits per heavy atom. The van der Waals surface area contributed by atoms with E-state index in [1.807, 2.05) is 48.7 Å². The molecule has 0 saturated carbocycles. The van der Waals surface area contributed by atoms with Crippen molar-refractivity contribution in [1.29, 1.82) is 0 Å². The highest BCUT2D eigenvalue weighted by Gasteiger charge is 2.41. The summed E-state index contributed by atoms with van der Waals surface area (Å²) in [6.45, 7) is 0.513. The van der Waals surface area contributed by atoms with Crippen LogP contribution in [0.3, 0.4) is 0 Å². The average molecular weight is 600 g/mol. The van der Waals surface area contributed by atoms with Crippen molar-refractivity contribution in [3.8, 4) is 11.5 Å². The van der Waals surface area contributed by atoms with Crippen molar-refractivity contribution in [2.75, 3.05) is 18.6 Å². The van der Waals surface area contributed by atoms with Gasteiger partial charge in [-0.05, 0) is 74.1 Å². The minimum absolute atomic E-state index is 0.0607. The van der Waals surface area contributed by atoms with Gasteiger partial charge >= 0.3 is 13.7 Å². The van der Waals surface area contributed by atoms with Crippen molar-refractivity contribution >= 4 is 31.4 Å². The van der Waals surface area contributed by atoms with E-state index in [1.165, 1.54) is 11.8 Å². The maximum absolute atomic E-state index is 14.5. The van der Waals surface area contributed by atoms with Crippen molar-refractivity contribution in [2.24, 2.45) is 5.73 Å². The summed E-state index contributed by atoms with van der Waals surface area (Å²) >= 11 is 1.54. The van der Waals surface area contributed by atoms with Gasteiger partial charge in [0, 0.05) is 0 Å². The number of hydrogen-bond donors (Lipinski definition) is 3. The van der Waals surface area contributed by atoms with Gasteiger partial charge in [0.1, 0.15) is 24.1 Å². The number of rotatable bonds is 17. The molecule has 3 aromatic carbocycles. The van der Waals surface area contributed by atoms with Crippen LogP contribution in [-0.2, 0) is 20.7 Å². The molecule has 2 atom stereocenters. The van der Waals surface area contributed by atoms with Crippen LogP contribution in [0.4, 0.5) is 4.79 Å². The summed E-state index contributed by atoms with van der Waals surface area (Å²) in [5, 5.41) is 5.54. The molecule has 0 saturated heterocycles. The van der Waals surface area contributed by atoms with Gasteiger partial charge in [0.05, 0.1) is 0 Å². The zero-order valence-corrected chi connectivity index (χ0v) is 24.9. The minimum atomic E-state index is -4.02. The Hall–Kier alpha value is -3.46. The van der Waals surface area contributed by atoms with Gasteiger partial charge in [-0.2, -0.15) is 11.8 Å². The number of thioether (sulfide) groups is 1. The highest BCUT2D eigenvalue weighted by atomic mass is 32.2. The molecule has 9 nitrogen and oxygen atoms in total. The van der Waals surface area contributed by atoms with Crippen molar-refractivity contribution < 1.29 is 27.9 Å². The maximum Gasteiger partial charge on any atom is 0.452 e. The molecule has 4 N–H and O–H groups in total. The van der Waals surface area contributed by atoms with Gasteiger partial charge in [-0.15, -0.1) is 0 Å². The smallest absolute Gasteiger partial charge is 0.445 e. The summed E-state index contributed by atoms with van der Waals surface area (Å²) in [6, 6.07) is 25.7. The molecule has 0 aromatic heterocycles. The second-order valence-electron chi connectivity index (χ2n) is 9.20. The van der Waals surface area contributed by atoms with Gasteiger partial charge in [-0.3, -0.25) is 4.79 Å². The van der Waals surface area contributed by atoms with Crippen LogP contribution >= 0.6 is 19.4 Å². The first kappa shape index (κ1) is 32.1. The first-order valence-electron chi connectivity index (χ1n) is 13.5. The van der Waals surface area contributed by atoms with E-state index >= 15 is 0 Å². The Kier molecular flexibility index (Phi) is 13.6. The van der Waals surface area contributed by atoms with Crippen molar-refractivity contribution in [3.63, 3.8) is 0 Å². The SMILES string of the molecule is CSCCC(NC(=O)[C@H](CCCCN)NC(=O)OCc1ccccc1)P(=O)(Oc1ccccc1)Oc1ccccc1. The number of carbonyl (C=O) groups excluding carboxylic acids is 2. The van der Waals surface area contributed by atoms with Crippen molar-refractivity contribution in [3.05, 3.63) is 96.6 Å². The molecule has 0 heterocycles.